The minimum absolute atomic E-state index is 0.279. The van der Waals surface area contributed by atoms with Gasteiger partial charge in [0.15, 0.2) is 0 Å². The predicted octanol–water partition coefficient (Wildman–Crippen LogP) is 2.51. The van der Waals surface area contributed by atoms with Crippen molar-refractivity contribution in [1.29, 1.82) is 0 Å². The van der Waals surface area contributed by atoms with Crippen molar-refractivity contribution < 1.29 is 9.53 Å². The molecule has 2 fully saturated rings. The van der Waals surface area contributed by atoms with Crippen molar-refractivity contribution in [2.45, 2.75) is 44.3 Å². The Morgan fingerprint density at radius 3 is 2.80 bits per heavy atom. The number of hydrogen-bond donors (Lipinski definition) is 1. The molecule has 4 heteroatoms. The average molecular weight is 274 g/mol. The van der Waals surface area contributed by atoms with E-state index >= 15 is 0 Å². The van der Waals surface area contributed by atoms with Gasteiger partial charge in [-0.3, -0.25) is 4.90 Å². The molecule has 2 atom stereocenters. The van der Waals surface area contributed by atoms with Crippen LogP contribution < -0.4 is 5.32 Å². The highest BCUT2D eigenvalue weighted by Crippen LogP contribution is 2.34. The molecule has 0 spiro atoms. The van der Waals surface area contributed by atoms with Gasteiger partial charge in [-0.15, -0.1) is 0 Å². The number of hydrogen-bond acceptors (Lipinski definition) is 4. The molecular formula is C16H22N2O2. The van der Waals surface area contributed by atoms with Crippen LogP contribution in [0.15, 0.2) is 24.3 Å². The Bertz CT molecular complexity index is 499. The Balaban J connectivity index is 1.70. The normalized spacial score (nSPS) is 26.5. The lowest BCUT2D eigenvalue weighted by atomic mass is 10.1. The predicted molar refractivity (Wildman–Crippen MR) is 79.0 cm³/mol. The molecule has 0 radical (unpaired) electrons. The molecule has 0 aromatic heterocycles. The molecule has 3 rings (SSSR count). The van der Waals surface area contributed by atoms with Crippen molar-refractivity contribution in [2.24, 2.45) is 0 Å². The zero-order valence-corrected chi connectivity index (χ0v) is 12.1. The van der Waals surface area contributed by atoms with Crippen molar-refractivity contribution >= 4 is 11.7 Å². The van der Waals surface area contributed by atoms with Crippen LogP contribution in [-0.2, 0) is 4.74 Å². The van der Waals surface area contributed by atoms with Gasteiger partial charge in [-0.05, 0) is 38.3 Å². The molecule has 4 nitrogen and oxygen atoms in total. The summed E-state index contributed by atoms with van der Waals surface area (Å²) in [6.07, 6.45) is 3.82. The van der Waals surface area contributed by atoms with Gasteiger partial charge in [0.1, 0.15) is 0 Å². The SMILES string of the molecule is COC(=O)c1ccccc1NC1CC(C)N(C2CC2)C1. The molecule has 20 heavy (non-hydrogen) atoms. The van der Waals surface area contributed by atoms with Gasteiger partial charge in [0.05, 0.1) is 12.7 Å². The molecule has 1 aromatic rings. The molecule has 1 aliphatic carbocycles. The summed E-state index contributed by atoms with van der Waals surface area (Å²) in [6, 6.07) is 9.42. The first-order chi connectivity index (χ1) is 9.69. The fraction of sp³-hybridized carbons (Fsp3) is 0.562. The molecule has 1 saturated heterocycles. The van der Waals surface area contributed by atoms with E-state index in [0.29, 0.717) is 17.6 Å². The van der Waals surface area contributed by atoms with Crippen LogP contribution in [0.25, 0.3) is 0 Å². The van der Waals surface area contributed by atoms with Gasteiger partial charge in [0.25, 0.3) is 0 Å². The molecular weight excluding hydrogens is 252 g/mol. The summed E-state index contributed by atoms with van der Waals surface area (Å²) in [6.45, 7) is 3.37. The minimum atomic E-state index is -0.279. The second-order valence-electron chi connectivity index (χ2n) is 5.89. The topological polar surface area (TPSA) is 41.6 Å². The molecule has 1 N–H and O–H groups in total. The van der Waals surface area contributed by atoms with Gasteiger partial charge < -0.3 is 10.1 Å². The third-order valence-corrected chi connectivity index (χ3v) is 4.33. The Kier molecular flexibility index (Phi) is 3.66. The number of benzene rings is 1. The van der Waals surface area contributed by atoms with E-state index in [9.17, 15) is 4.79 Å². The first kappa shape index (κ1) is 13.4. The van der Waals surface area contributed by atoms with Crippen LogP contribution in [0.3, 0.4) is 0 Å². The molecule has 108 valence electrons. The maximum absolute atomic E-state index is 11.8. The summed E-state index contributed by atoms with van der Waals surface area (Å²) < 4.78 is 4.84. The Morgan fingerprint density at radius 1 is 1.35 bits per heavy atom. The lowest BCUT2D eigenvalue weighted by Crippen LogP contribution is -2.31. The van der Waals surface area contributed by atoms with Crippen molar-refractivity contribution in [3.05, 3.63) is 29.8 Å². The number of methoxy groups -OCH3 is 1. The summed E-state index contributed by atoms with van der Waals surface area (Å²) in [5, 5.41) is 3.53. The fourth-order valence-corrected chi connectivity index (χ4v) is 3.19. The third-order valence-electron chi connectivity index (χ3n) is 4.33. The lowest BCUT2D eigenvalue weighted by Gasteiger charge is -2.20. The average Bonchev–Trinajstić information content (AvgIpc) is 3.23. The monoisotopic (exact) mass is 274 g/mol. The van der Waals surface area contributed by atoms with Gasteiger partial charge in [0, 0.05) is 30.4 Å². The van der Waals surface area contributed by atoms with E-state index in [2.05, 4.69) is 17.1 Å². The fourth-order valence-electron chi connectivity index (χ4n) is 3.19. The number of esters is 1. The number of nitrogens with zero attached hydrogens (tertiary/aromatic N) is 1. The van der Waals surface area contributed by atoms with Crippen LogP contribution in [0.5, 0.6) is 0 Å². The number of nitrogens with one attached hydrogen (secondary N) is 1. The van der Waals surface area contributed by atoms with Crippen LogP contribution in [0.2, 0.25) is 0 Å². The largest absolute Gasteiger partial charge is 0.465 e. The van der Waals surface area contributed by atoms with E-state index in [1.165, 1.54) is 20.0 Å². The van der Waals surface area contributed by atoms with Crippen molar-refractivity contribution in [3.8, 4) is 0 Å². The van der Waals surface area contributed by atoms with E-state index in [1.54, 1.807) is 0 Å². The second kappa shape index (κ2) is 5.44. The van der Waals surface area contributed by atoms with Crippen LogP contribution in [-0.4, -0.2) is 42.6 Å². The van der Waals surface area contributed by atoms with Crippen molar-refractivity contribution in [3.63, 3.8) is 0 Å². The van der Waals surface area contributed by atoms with E-state index in [4.69, 9.17) is 4.74 Å². The molecule has 2 aliphatic rings. The highest BCUT2D eigenvalue weighted by molar-refractivity contribution is 5.95. The van der Waals surface area contributed by atoms with E-state index < -0.39 is 0 Å². The molecule has 2 unspecified atom stereocenters. The van der Waals surface area contributed by atoms with Crippen molar-refractivity contribution in [2.75, 3.05) is 19.0 Å². The van der Waals surface area contributed by atoms with E-state index in [1.807, 2.05) is 24.3 Å². The third kappa shape index (κ3) is 2.66. The summed E-state index contributed by atoms with van der Waals surface area (Å²) in [4.78, 5) is 14.4. The maximum Gasteiger partial charge on any atom is 0.339 e. The number of likely N-dealkylation sites (tertiary alicyclic amines) is 1. The molecule has 1 aromatic carbocycles. The van der Waals surface area contributed by atoms with Gasteiger partial charge in [-0.1, -0.05) is 12.1 Å². The summed E-state index contributed by atoms with van der Waals surface area (Å²) in [5.41, 5.74) is 1.50. The van der Waals surface area contributed by atoms with Crippen molar-refractivity contribution in [1.82, 2.24) is 4.90 Å². The van der Waals surface area contributed by atoms with Crippen LogP contribution in [0, 0.1) is 0 Å². The Morgan fingerprint density at radius 2 is 2.10 bits per heavy atom. The number of carbonyl (C=O) groups excluding carboxylic acids is 1. The van der Waals surface area contributed by atoms with E-state index in [-0.39, 0.29) is 5.97 Å². The van der Waals surface area contributed by atoms with Crippen LogP contribution >= 0.6 is 0 Å². The van der Waals surface area contributed by atoms with Gasteiger partial charge >= 0.3 is 5.97 Å². The zero-order chi connectivity index (χ0) is 14.1. The minimum Gasteiger partial charge on any atom is -0.465 e. The molecule has 1 aliphatic heterocycles. The molecule has 1 heterocycles. The number of anilines is 1. The first-order valence-corrected chi connectivity index (χ1v) is 7.38. The summed E-state index contributed by atoms with van der Waals surface area (Å²) in [7, 11) is 1.42. The van der Waals surface area contributed by atoms with Crippen LogP contribution in [0.1, 0.15) is 36.5 Å². The first-order valence-electron chi connectivity index (χ1n) is 7.38. The quantitative estimate of drug-likeness (QED) is 0.857. The standard InChI is InChI=1S/C16H22N2O2/c1-11-9-12(10-18(11)13-7-8-13)17-15-6-4-3-5-14(15)16(19)20-2/h3-6,11-13,17H,7-10H2,1-2H3. The number of carbonyl (C=O) groups is 1. The lowest BCUT2D eigenvalue weighted by molar-refractivity contribution is 0.0602. The smallest absolute Gasteiger partial charge is 0.339 e. The Labute approximate surface area is 120 Å². The molecule has 1 saturated carbocycles. The number of para-hydroxylation sites is 1. The van der Waals surface area contributed by atoms with Gasteiger partial charge in [0.2, 0.25) is 0 Å². The summed E-state index contributed by atoms with van der Waals surface area (Å²) in [5.74, 6) is -0.279. The highest BCUT2D eigenvalue weighted by atomic mass is 16.5. The van der Waals surface area contributed by atoms with Gasteiger partial charge in [-0.2, -0.15) is 0 Å². The van der Waals surface area contributed by atoms with E-state index in [0.717, 1.165) is 24.7 Å². The molecule has 0 bridgehead atoms. The number of ether oxygens (including phenoxy) is 1. The maximum atomic E-state index is 11.8. The highest BCUT2D eigenvalue weighted by Gasteiger charge is 2.38. The van der Waals surface area contributed by atoms with Crippen LogP contribution in [0.4, 0.5) is 5.69 Å². The Hall–Kier alpha value is -1.55. The molecule has 0 amide bonds. The second-order valence-corrected chi connectivity index (χ2v) is 5.89. The van der Waals surface area contributed by atoms with Gasteiger partial charge in [-0.25, -0.2) is 4.79 Å². The summed E-state index contributed by atoms with van der Waals surface area (Å²) >= 11 is 0. The number of rotatable bonds is 4. The zero-order valence-electron chi connectivity index (χ0n) is 12.1.